The van der Waals surface area contributed by atoms with Crippen LogP contribution in [0.3, 0.4) is 0 Å². The van der Waals surface area contributed by atoms with Crippen molar-refractivity contribution < 1.29 is 9.36 Å². The number of amides is 1. The monoisotopic (exact) mass is 317 g/mol. The van der Waals surface area contributed by atoms with Gasteiger partial charge in [0.25, 0.3) is 5.91 Å². The van der Waals surface area contributed by atoms with Gasteiger partial charge < -0.3 is 5.32 Å². The Kier molecular flexibility index (Phi) is 4.71. The highest BCUT2D eigenvalue weighted by Crippen LogP contribution is 2.17. The summed E-state index contributed by atoms with van der Waals surface area (Å²) < 4.78 is 1.94. The van der Waals surface area contributed by atoms with Gasteiger partial charge in [0.15, 0.2) is 12.4 Å². The lowest BCUT2D eigenvalue weighted by Crippen LogP contribution is -2.44. The molecule has 3 heteroatoms. The average Bonchev–Trinajstić information content (AvgIpc) is 2.64. The Morgan fingerprint density at radius 1 is 0.917 bits per heavy atom. The molecule has 120 valence electrons. The first kappa shape index (κ1) is 15.9. The first-order valence-corrected chi connectivity index (χ1v) is 8.07. The van der Waals surface area contributed by atoms with Gasteiger partial charge >= 0.3 is 0 Å². The number of aryl methyl sites for hydroxylation is 1. The molecule has 0 aliphatic rings. The topological polar surface area (TPSA) is 33.0 Å². The van der Waals surface area contributed by atoms with Crippen molar-refractivity contribution in [3.63, 3.8) is 0 Å². The molecule has 0 aliphatic carbocycles. The number of rotatable bonds is 4. The van der Waals surface area contributed by atoms with Gasteiger partial charge in [0.2, 0.25) is 6.04 Å². The number of aromatic nitrogens is 1. The number of hydrogen-bond donors (Lipinski definition) is 1. The highest BCUT2D eigenvalue weighted by atomic mass is 16.2. The van der Waals surface area contributed by atoms with Crippen LogP contribution in [0.2, 0.25) is 0 Å². The Bertz CT molecular complexity index is 826. The van der Waals surface area contributed by atoms with Crippen LogP contribution >= 0.6 is 0 Å². The third kappa shape index (κ3) is 3.69. The summed E-state index contributed by atoms with van der Waals surface area (Å²) in [6.07, 6.45) is 3.93. The number of nitrogens with zero attached hydrogens (tertiary/aromatic N) is 1. The number of carbonyl (C=O) groups is 1. The molecule has 0 bridgehead atoms. The maximum absolute atomic E-state index is 12.5. The molecule has 0 unspecified atom stereocenters. The third-order valence-corrected chi connectivity index (χ3v) is 4.08. The molecule has 0 spiro atoms. The predicted molar refractivity (Wildman–Crippen MR) is 96.6 cm³/mol. The summed E-state index contributed by atoms with van der Waals surface area (Å²) in [6, 6.07) is 21.7. The molecular formula is C21H21N2O+. The molecule has 0 radical (unpaired) electrons. The second-order valence-electron chi connectivity index (χ2n) is 5.94. The number of carbonyl (C=O) groups excluding carboxylic acids is 1. The second-order valence-corrected chi connectivity index (χ2v) is 5.94. The largest absolute Gasteiger partial charge is 0.320 e. The molecule has 0 aliphatic heterocycles. The van der Waals surface area contributed by atoms with Gasteiger partial charge in [-0.2, -0.15) is 4.57 Å². The van der Waals surface area contributed by atoms with Crippen LogP contribution in [0.4, 0.5) is 5.69 Å². The van der Waals surface area contributed by atoms with Crippen LogP contribution in [-0.2, 0) is 4.79 Å². The Morgan fingerprint density at radius 2 is 1.58 bits per heavy atom. The van der Waals surface area contributed by atoms with E-state index in [9.17, 15) is 4.79 Å². The summed E-state index contributed by atoms with van der Waals surface area (Å²) in [5, 5.41) is 2.97. The van der Waals surface area contributed by atoms with Crippen LogP contribution in [0.25, 0.3) is 11.1 Å². The minimum Gasteiger partial charge on any atom is -0.320 e. The fourth-order valence-corrected chi connectivity index (χ4v) is 2.55. The van der Waals surface area contributed by atoms with Crippen LogP contribution in [0.1, 0.15) is 18.5 Å². The van der Waals surface area contributed by atoms with Crippen molar-refractivity contribution in [3.8, 4) is 11.1 Å². The van der Waals surface area contributed by atoms with E-state index >= 15 is 0 Å². The summed E-state index contributed by atoms with van der Waals surface area (Å²) in [5.74, 6) is -0.0333. The molecule has 2 aromatic carbocycles. The molecule has 3 aromatic rings. The molecule has 1 aromatic heterocycles. The van der Waals surface area contributed by atoms with Gasteiger partial charge in [-0.05, 0) is 30.7 Å². The number of pyridine rings is 1. The van der Waals surface area contributed by atoms with Gasteiger partial charge in [0.05, 0.1) is 0 Å². The molecule has 3 nitrogen and oxygen atoms in total. The second kappa shape index (κ2) is 7.09. The lowest BCUT2D eigenvalue weighted by Gasteiger charge is -2.10. The zero-order chi connectivity index (χ0) is 16.9. The predicted octanol–water partition coefficient (Wildman–Crippen LogP) is 4.15. The number of nitrogens with one attached hydrogen (secondary N) is 1. The first-order chi connectivity index (χ1) is 11.6. The molecule has 0 saturated carbocycles. The van der Waals surface area contributed by atoms with Gasteiger partial charge in [-0.15, -0.1) is 0 Å². The highest BCUT2D eigenvalue weighted by Gasteiger charge is 2.22. The van der Waals surface area contributed by atoms with E-state index in [-0.39, 0.29) is 11.9 Å². The first-order valence-electron chi connectivity index (χ1n) is 8.07. The minimum absolute atomic E-state index is 0.0333. The van der Waals surface area contributed by atoms with Crippen molar-refractivity contribution in [2.75, 3.05) is 5.32 Å². The summed E-state index contributed by atoms with van der Waals surface area (Å²) in [5.41, 5.74) is 4.22. The highest BCUT2D eigenvalue weighted by molar-refractivity contribution is 5.92. The van der Waals surface area contributed by atoms with Crippen LogP contribution < -0.4 is 9.88 Å². The smallest absolute Gasteiger partial charge is 0.293 e. The molecule has 1 atom stereocenters. The van der Waals surface area contributed by atoms with Gasteiger partial charge in [-0.25, -0.2) is 0 Å². The summed E-state index contributed by atoms with van der Waals surface area (Å²) >= 11 is 0. The molecule has 1 amide bonds. The van der Waals surface area contributed by atoms with E-state index in [4.69, 9.17) is 0 Å². The fourth-order valence-electron chi connectivity index (χ4n) is 2.55. The van der Waals surface area contributed by atoms with Crippen molar-refractivity contribution in [3.05, 3.63) is 84.7 Å². The Labute approximate surface area is 142 Å². The molecule has 3 rings (SSSR count). The zero-order valence-electron chi connectivity index (χ0n) is 13.9. The maximum Gasteiger partial charge on any atom is 0.293 e. The van der Waals surface area contributed by atoms with Crippen LogP contribution in [0.15, 0.2) is 79.1 Å². The van der Waals surface area contributed by atoms with Gasteiger partial charge in [0, 0.05) is 24.2 Å². The third-order valence-electron chi connectivity index (χ3n) is 4.08. The Balaban J connectivity index is 1.78. The summed E-state index contributed by atoms with van der Waals surface area (Å²) in [7, 11) is 0. The number of hydrogen-bond acceptors (Lipinski definition) is 1. The van der Waals surface area contributed by atoms with Crippen molar-refractivity contribution in [2.24, 2.45) is 0 Å². The number of anilines is 1. The average molecular weight is 317 g/mol. The van der Waals surface area contributed by atoms with E-state index in [0.717, 1.165) is 16.8 Å². The molecule has 0 saturated heterocycles. The fraction of sp³-hybridized carbons (Fsp3) is 0.143. The maximum atomic E-state index is 12.5. The summed E-state index contributed by atoms with van der Waals surface area (Å²) in [6.45, 7) is 3.93. The Morgan fingerprint density at radius 3 is 2.29 bits per heavy atom. The van der Waals surface area contributed by atoms with Crippen LogP contribution in [-0.4, -0.2) is 5.91 Å². The quantitative estimate of drug-likeness (QED) is 0.721. The normalized spacial score (nSPS) is 11.8. The Hall–Kier alpha value is -2.94. The van der Waals surface area contributed by atoms with Gasteiger partial charge in [-0.1, -0.05) is 48.0 Å². The van der Waals surface area contributed by atoms with Crippen molar-refractivity contribution in [1.29, 1.82) is 0 Å². The summed E-state index contributed by atoms with van der Waals surface area (Å²) in [4.78, 5) is 12.5. The van der Waals surface area contributed by atoms with E-state index < -0.39 is 0 Å². The van der Waals surface area contributed by atoms with Crippen molar-refractivity contribution in [1.82, 2.24) is 0 Å². The minimum atomic E-state index is -0.296. The van der Waals surface area contributed by atoms with Gasteiger partial charge in [0.1, 0.15) is 0 Å². The molecule has 0 fully saturated rings. The van der Waals surface area contributed by atoms with Crippen LogP contribution in [0, 0.1) is 6.92 Å². The van der Waals surface area contributed by atoms with E-state index in [2.05, 4.69) is 23.5 Å². The van der Waals surface area contributed by atoms with E-state index in [1.807, 2.05) is 79.3 Å². The molecule has 1 heterocycles. The van der Waals surface area contributed by atoms with Crippen molar-refractivity contribution in [2.45, 2.75) is 19.9 Å². The standard InChI is InChI=1S/C21H20N2O/c1-16-10-12-20(13-11-16)22-21(24)17(2)23-14-6-9-19(15-23)18-7-4-3-5-8-18/h3-15,17H,1-2H3/p+1/t17-/m0/s1. The lowest BCUT2D eigenvalue weighted by atomic mass is 10.1. The SMILES string of the molecule is Cc1ccc(NC(=O)[C@H](C)[n+]2cccc(-c3ccccc3)c2)cc1. The lowest BCUT2D eigenvalue weighted by molar-refractivity contribution is -0.705. The van der Waals surface area contributed by atoms with Crippen molar-refractivity contribution >= 4 is 11.6 Å². The molecule has 1 N–H and O–H groups in total. The number of benzene rings is 2. The van der Waals surface area contributed by atoms with Crippen LogP contribution in [0.5, 0.6) is 0 Å². The zero-order valence-corrected chi connectivity index (χ0v) is 13.9. The van der Waals surface area contributed by atoms with Gasteiger partial charge in [-0.3, -0.25) is 4.79 Å². The van der Waals surface area contributed by atoms with E-state index in [1.165, 1.54) is 5.56 Å². The molecular weight excluding hydrogens is 296 g/mol. The molecule has 24 heavy (non-hydrogen) atoms. The van der Waals surface area contributed by atoms with E-state index in [1.54, 1.807) is 0 Å². The van der Waals surface area contributed by atoms with E-state index in [0.29, 0.717) is 0 Å².